The average molecular weight is 221 g/mol. The predicted molar refractivity (Wildman–Crippen MR) is 56.6 cm³/mol. The van der Waals surface area contributed by atoms with Crippen molar-refractivity contribution in [2.45, 2.75) is 18.9 Å². The van der Waals surface area contributed by atoms with Crippen LogP contribution in [0.15, 0.2) is 18.2 Å². The summed E-state index contributed by atoms with van der Waals surface area (Å²) in [5.74, 6) is -1.28. The minimum Gasteiger partial charge on any atom is -0.508 e. The molecular weight excluding hydrogens is 210 g/mol. The first-order valence-electron chi connectivity index (χ1n) is 4.93. The molecule has 1 saturated carbocycles. The summed E-state index contributed by atoms with van der Waals surface area (Å²) in [4.78, 5) is 23.3. The van der Waals surface area contributed by atoms with E-state index < -0.39 is 5.97 Å². The summed E-state index contributed by atoms with van der Waals surface area (Å²) in [7, 11) is 0. The number of rotatable bonds is 4. The van der Waals surface area contributed by atoms with E-state index in [0.29, 0.717) is 12.1 Å². The topological polar surface area (TPSA) is 77.8 Å². The summed E-state index contributed by atoms with van der Waals surface area (Å²) in [6.07, 6.45) is 2.41. The minimum atomic E-state index is -1.15. The lowest BCUT2D eigenvalue weighted by Crippen LogP contribution is -2.25. The zero-order valence-electron chi connectivity index (χ0n) is 8.46. The van der Waals surface area contributed by atoms with E-state index in [9.17, 15) is 14.7 Å². The van der Waals surface area contributed by atoms with Gasteiger partial charge in [-0.1, -0.05) is 0 Å². The first-order chi connectivity index (χ1) is 7.63. The average Bonchev–Trinajstić information content (AvgIpc) is 3.05. The van der Waals surface area contributed by atoms with E-state index >= 15 is 0 Å². The van der Waals surface area contributed by atoms with Crippen molar-refractivity contribution in [3.05, 3.63) is 23.8 Å². The third-order valence-electron chi connectivity index (χ3n) is 2.54. The maximum absolute atomic E-state index is 11.0. The number of anilines is 1. The number of phenolic OH excluding ortho intramolecular Hbond substituents is 1. The van der Waals surface area contributed by atoms with Crippen molar-refractivity contribution >= 4 is 18.1 Å². The SMILES string of the molecule is O=CN(c1ccc(O)cc1C(=O)O)C1CC1. The molecule has 0 bridgehead atoms. The zero-order chi connectivity index (χ0) is 11.7. The number of amides is 1. The fraction of sp³-hybridized carbons (Fsp3) is 0.273. The number of carbonyl (C=O) groups is 2. The summed E-state index contributed by atoms with van der Waals surface area (Å²) in [6.45, 7) is 0. The standard InChI is InChI=1S/C11H11NO4/c13-6-12(7-1-2-7)10-4-3-8(14)5-9(10)11(15)16/h3-7,14H,1-2H2,(H,15,16). The third kappa shape index (κ3) is 1.84. The summed E-state index contributed by atoms with van der Waals surface area (Å²) >= 11 is 0. The van der Waals surface area contributed by atoms with E-state index in [0.717, 1.165) is 18.9 Å². The van der Waals surface area contributed by atoms with Crippen molar-refractivity contribution in [1.82, 2.24) is 0 Å². The van der Waals surface area contributed by atoms with Gasteiger partial charge in [0, 0.05) is 6.04 Å². The number of carboxylic acid groups (broad SMARTS) is 1. The van der Waals surface area contributed by atoms with Gasteiger partial charge in [-0.05, 0) is 31.0 Å². The van der Waals surface area contributed by atoms with Gasteiger partial charge in [-0.2, -0.15) is 0 Å². The molecule has 1 fully saturated rings. The highest BCUT2D eigenvalue weighted by molar-refractivity contribution is 5.98. The zero-order valence-corrected chi connectivity index (χ0v) is 8.46. The van der Waals surface area contributed by atoms with E-state index in [4.69, 9.17) is 5.11 Å². The summed E-state index contributed by atoms with van der Waals surface area (Å²) in [5.41, 5.74) is 0.279. The number of hydrogen-bond acceptors (Lipinski definition) is 3. The smallest absolute Gasteiger partial charge is 0.337 e. The molecule has 16 heavy (non-hydrogen) atoms. The molecule has 0 saturated heterocycles. The Labute approximate surface area is 91.9 Å². The molecule has 1 aliphatic carbocycles. The Morgan fingerprint density at radius 3 is 2.62 bits per heavy atom. The monoisotopic (exact) mass is 221 g/mol. The Kier molecular flexibility index (Phi) is 2.52. The lowest BCUT2D eigenvalue weighted by Gasteiger charge is -2.18. The lowest BCUT2D eigenvalue weighted by atomic mass is 10.1. The van der Waals surface area contributed by atoms with E-state index in [-0.39, 0.29) is 17.4 Å². The molecule has 0 radical (unpaired) electrons. The molecule has 0 heterocycles. The van der Waals surface area contributed by atoms with Crippen LogP contribution in [0, 0.1) is 0 Å². The van der Waals surface area contributed by atoms with Gasteiger partial charge in [-0.3, -0.25) is 4.79 Å². The molecule has 84 valence electrons. The van der Waals surface area contributed by atoms with Crippen LogP contribution in [0.4, 0.5) is 5.69 Å². The van der Waals surface area contributed by atoms with Crippen molar-refractivity contribution < 1.29 is 19.8 Å². The quantitative estimate of drug-likeness (QED) is 0.749. The fourth-order valence-electron chi connectivity index (χ4n) is 1.61. The van der Waals surface area contributed by atoms with Crippen LogP contribution in [-0.2, 0) is 4.79 Å². The summed E-state index contributed by atoms with van der Waals surface area (Å²) < 4.78 is 0. The molecule has 2 rings (SSSR count). The Morgan fingerprint density at radius 2 is 2.12 bits per heavy atom. The number of nitrogens with zero attached hydrogens (tertiary/aromatic N) is 1. The van der Waals surface area contributed by atoms with Crippen molar-refractivity contribution in [3.63, 3.8) is 0 Å². The normalized spacial score (nSPS) is 14.5. The van der Waals surface area contributed by atoms with Gasteiger partial charge in [0.15, 0.2) is 0 Å². The van der Waals surface area contributed by atoms with Crippen LogP contribution < -0.4 is 4.90 Å². The first-order valence-corrected chi connectivity index (χ1v) is 4.93. The van der Waals surface area contributed by atoms with Gasteiger partial charge in [0.05, 0.1) is 11.3 Å². The van der Waals surface area contributed by atoms with Gasteiger partial charge in [0.1, 0.15) is 5.75 Å². The highest BCUT2D eigenvalue weighted by Gasteiger charge is 2.31. The van der Waals surface area contributed by atoms with Crippen molar-refractivity contribution in [3.8, 4) is 5.75 Å². The highest BCUT2D eigenvalue weighted by Crippen LogP contribution is 2.33. The van der Waals surface area contributed by atoms with Crippen LogP contribution >= 0.6 is 0 Å². The Morgan fingerprint density at radius 1 is 1.44 bits per heavy atom. The summed E-state index contributed by atoms with van der Waals surface area (Å²) in [5, 5.41) is 18.2. The largest absolute Gasteiger partial charge is 0.508 e. The van der Waals surface area contributed by atoms with Gasteiger partial charge in [0.25, 0.3) is 0 Å². The van der Waals surface area contributed by atoms with E-state index in [1.165, 1.54) is 17.0 Å². The Balaban J connectivity index is 2.45. The minimum absolute atomic E-state index is 0.0565. The number of benzene rings is 1. The molecule has 2 N–H and O–H groups in total. The maximum Gasteiger partial charge on any atom is 0.337 e. The molecule has 0 unspecified atom stereocenters. The molecule has 0 atom stereocenters. The number of aromatic hydroxyl groups is 1. The predicted octanol–water partition coefficient (Wildman–Crippen LogP) is 1.22. The second-order valence-electron chi connectivity index (χ2n) is 3.75. The number of phenols is 1. The fourth-order valence-corrected chi connectivity index (χ4v) is 1.61. The number of carboxylic acids is 1. The lowest BCUT2D eigenvalue weighted by molar-refractivity contribution is -0.107. The van der Waals surface area contributed by atoms with Crippen molar-refractivity contribution in [2.24, 2.45) is 0 Å². The van der Waals surface area contributed by atoms with Crippen LogP contribution in [0.5, 0.6) is 5.75 Å². The molecule has 1 aliphatic rings. The molecule has 5 heteroatoms. The molecule has 1 aromatic carbocycles. The van der Waals surface area contributed by atoms with Crippen LogP contribution in [0.1, 0.15) is 23.2 Å². The van der Waals surface area contributed by atoms with Gasteiger partial charge >= 0.3 is 5.97 Å². The van der Waals surface area contributed by atoms with Gasteiger partial charge < -0.3 is 15.1 Å². The molecule has 0 aliphatic heterocycles. The number of carbonyl (C=O) groups excluding carboxylic acids is 1. The molecular formula is C11H11NO4. The third-order valence-corrected chi connectivity index (χ3v) is 2.54. The van der Waals surface area contributed by atoms with Gasteiger partial charge in [-0.15, -0.1) is 0 Å². The van der Waals surface area contributed by atoms with Gasteiger partial charge in [0.2, 0.25) is 6.41 Å². The molecule has 1 amide bonds. The Bertz CT molecular complexity index is 440. The first kappa shape index (κ1) is 10.5. The van der Waals surface area contributed by atoms with E-state index in [1.54, 1.807) is 0 Å². The molecule has 5 nitrogen and oxygen atoms in total. The number of hydrogen-bond donors (Lipinski definition) is 2. The van der Waals surface area contributed by atoms with Crippen LogP contribution in [0.3, 0.4) is 0 Å². The van der Waals surface area contributed by atoms with Gasteiger partial charge in [-0.25, -0.2) is 4.79 Å². The number of aromatic carboxylic acids is 1. The second-order valence-corrected chi connectivity index (χ2v) is 3.75. The summed E-state index contributed by atoms with van der Waals surface area (Å²) in [6, 6.07) is 4.07. The van der Waals surface area contributed by atoms with E-state index in [2.05, 4.69) is 0 Å². The van der Waals surface area contributed by atoms with Crippen LogP contribution in [0.25, 0.3) is 0 Å². The molecule has 1 aromatic rings. The van der Waals surface area contributed by atoms with E-state index in [1.807, 2.05) is 0 Å². The van der Waals surface area contributed by atoms with Crippen molar-refractivity contribution in [1.29, 1.82) is 0 Å². The second kappa shape index (κ2) is 3.84. The highest BCUT2D eigenvalue weighted by atomic mass is 16.4. The van der Waals surface area contributed by atoms with Crippen LogP contribution in [0.2, 0.25) is 0 Å². The van der Waals surface area contributed by atoms with Crippen molar-refractivity contribution in [2.75, 3.05) is 4.90 Å². The Hall–Kier alpha value is -2.04. The molecule has 0 aromatic heterocycles. The van der Waals surface area contributed by atoms with Crippen LogP contribution in [-0.4, -0.2) is 28.6 Å². The maximum atomic E-state index is 11.0. The molecule has 0 spiro atoms.